The Morgan fingerprint density at radius 3 is 2.40 bits per heavy atom. The van der Waals surface area contributed by atoms with Crippen molar-refractivity contribution in [3.8, 4) is 5.75 Å². The number of nitrogens with zero attached hydrogens (tertiary/aromatic N) is 3. The lowest BCUT2D eigenvalue weighted by Crippen LogP contribution is -2.52. The van der Waals surface area contributed by atoms with Crippen LogP contribution in [0.1, 0.15) is 58.4 Å². The van der Waals surface area contributed by atoms with E-state index < -0.39 is 16.1 Å². The third-order valence-corrected chi connectivity index (χ3v) is 12.2. The standard InChI is InChI=1S/C36H38Cl2N6O5S/c1-21-19-22(2)41-33-26(21)5-3-7-30(33)49-20-27-28(37)12-13-31(32(27)38)50(47,48)44-16-4-6-29(44)35(45)42-25-14-17-43(18-15-25)36(46)24-10-8-23(9-11-24)34(39)40/h3,5,7-13,19,25,29H,4,6,14-18,20H2,1-2H3,(H3,39,40)(H,42,45)/t29-/m0/s1. The number of amidine groups is 1. The van der Waals surface area contributed by atoms with E-state index in [9.17, 15) is 18.0 Å². The highest BCUT2D eigenvalue weighted by atomic mass is 35.5. The first-order chi connectivity index (χ1) is 23.8. The second kappa shape index (κ2) is 14.6. The summed E-state index contributed by atoms with van der Waals surface area (Å²) in [6.07, 6.45) is 1.94. The average molecular weight is 738 g/mol. The fourth-order valence-corrected chi connectivity index (χ4v) is 9.17. The number of halogens is 2. The third-order valence-electron chi connectivity index (χ3n) is 9.32. The summed E-state index contributed by atoms with van der Waals surface area (Å²) >= 11 is 13.3. The zero-order valence-electron chi connectivity index (χ0n) is 27.7. The molecule has 3 heterocycles. The van der Waals surface area contributed by atoms with Crippen LogP contribution in [-0.4, -0.2) is 72.0 Å². The molecule has 0 radical (unpaired) electrons. The van der Waals surface area contributed by atoms with E-state index in [1.807, 2.05) is 32.0 Å². The number of amides is 2. The maximum Gasteiger partial charge on any atom is 0.253 e. The van der Waals surface area contributed by atoms with Gasteiger partial charge in [0.15, 0.2) is 0 Å². The molecule has 2 aliphatic heterocycles. The summed E-state index contributed by atoms with van der Waals surface area (Å²) in [6, 6.07) is 15.9. The van der Waals surface area contributed by atoms with Gasteiger partial charge in [0.05, 0.1) is 5.02 Å². The number of sulfonamides is 1. The number of aryl methyl sites for hydroxylation is 2. The zero-order valence-corrected chi connectivity index (χ0v) is 30.0. The average Bonchev–Trinajstić information content (AvgIpc) is 3.60. The lowest BCUT2D eigenvalue weighted by Gasteiger charge is -2.33. The normalized spacial score (nSPS) is 17.2. The summed E-state index contributed by atoms with van der Waals surface area (Å²) in [5.74, 6) is -0.0648. The number of rotatable bonds is 9. The number of piperidine rings is 1. The molecule has 2 amide bonds. The summed E-state index contributed by atoms with van der Waals surface area (Å²) in [6.45, 7) is 4.85. The minimum atomic E-state index is -4.19. The predicted octanol–water partition coefficient (Wildman–Crippen LogP) is 5.60. The van der Waals surface area contributed by atoms with E-state index in [0.29, 0.717) is 66.7 Å². The van der Waals surface area contributed by atoms with Crippen LogP contribution in [0.3, 0.4) is 0 Å². The van der Waals surface area contributed by atoms with E-state index in [-0.39, 0.29) is 51.8 Å². The Morgan fingerprint density at radius 1 is 1.00 bits per heavy atom. The smallest absolute Gasteiger partial charge is 0.253 e. The van der Waals surface area contributed by atoms with Crippen molar-refractivity contribution in [2.75, 3.05) is 19.6 Å². The molecule has 4 aromatic rings. The maximum absolute atomic E-state index is 14.1. The minimum absolute atomic E-state index is 0.0583. The van der Waals surface area contributed by atoms with Gasteiger partial charge in [0.2, 0.25) is 15.9 Å². The number of carbonyl (C=O) groups is 2. The van der Waals surface area contributed by atoms with Gasteiger partial charge in [0.1, 0.15) is 34.6 Å². The molecule has 50 heavy (non-hydrogen) atoms. The number of pyridine rings is 1. The number of benzene rings is 3. The van der Waals surface area contributed by atoms with Crippen LogP contribution in [0.15, 0.2) is 65.6 Å². The van der Waals surface area contributed by atoms with Crippen LogP contribution in [0.5, 0.6) is 5.75 Å². The molecular weight excluding hydrogens is 699 g/mol. The van der Waals surface area contributed by atoms with Gasteiger partial charge in [-0.15, -0.1) is 0 Å². The van der Waals surface area contributed by atoms with E-state index in [0.717, 1.165) is 16.6 Å². The van der Waals surface area contributed by atoms with Gasteiger partial charge in [-0.25, -0.2) is 13.4 Å². The highest BCUT2D eigenvalue weighted by Gasteiger charge is 2.41. The van der Waals surface area contributed by atoms with Crippen molar-refractivity contribution in [3.63, 3.8) is 0 Å². The Kier molecular flexibility index (Phi) is 10.4. The van der Waals surface area contributed by atoms with Crippen molar-refractivity contribution in [3.05, 3.63) is 98.7 Å². The minimum Gasteiger partial charge on any atom is -0.487 e. The van der Waals surface area contributed by atoms with Crippen LogP contribution in [0.2, 0.25) is 10.0 Å². The molecule has 2 saturated heterocycles. The fraction of sp³-hybridized carbons (Fsp3) is 0.333. The van der Waals surface area contributed by atoms with Crippen molar-refractivity contribution in [1.82, 2.24) is 19.5 Å². The molecule has 262 valence electrons. The quantitative estimate of drug-likeness (QED) is 0.149. The maximum atomic E-state index is 14.1. The second-order valence-electron chi connectivity index (χ2n) is 12.7. The first-order valence-electron chi connectivity index (χ1n) is 16.4. The number of carbonyl (C=O) groups excluding carboxylic acids is 2. The van der Waals surface area contributed by atoms with E-state index in [2.05, 4.69) is 10.3 Å². The Labute approximate surface area is 301 Å². The molecule has 2 fully saturated rings. The number of hydrogen-bond donors (Lipinski definition) is 3. The van der Waals surface area contributed by atoms with Crippen molar-refractivity contribution in [1.29, 1.82) is 5.41 Å². The molecule has 3 aromatic carbocycles. The van der Waals surface area contributed by atoms with Gasteiger partial charge in [-0.2, -0.15) is 4.31 Å². The molecule has 6 rings (SSSR count). The third kappa shape index (κ3) is 7.16. The van der Waals surface area contributed by atoms with Crippen molar-refractivity contribution >= 4 is 61.8 Å². The summed E-state index contributed by atoms with van der Waals surface area (Å²) in [5, 5.41) is 11.7. The van der Waals surface area contributed by atoms with E-state index in [1.165, 1.54) is 16.4 Å². The number of nitrogens with two attached hydrogens (primary N) is 1. The molecular formula is C36H38Cl2N6O5S. The van der Waals surface area contributed by atoms with Crippen molar-refractivity contribution in [2.45, 2.75) is 63.1 Å². The molecule has 0 spiro atoms. The Morgan fingerprint density at radius 2 is 1.70 bits per heavy atom. The van der Waals surface area contributed by atoms with Crippen molar-refractivity contribution < 1.29 is 22.7 Å². The number of para-hydroxylation sites is 1. The van der Waals surface area contributed by atoms with Crippen LogP contribution in [-0.2, 0) is 21.4 Å². The van der Waals surface area contributed by atoms with Crippen LogP contribution in [0.4, 0.5) is 0 Å². The molecule has 1 atom stereocenters. The Balaban J connectivity index is 1.12. The SMILES string of the molecule is Cc1cc(C)c2cccc(OCc3c(Cl)ccc(S(=O)(=O)N4CCC[C@H]4C(=O)NC4CCN(C(=O)c5ccc(C(=N)N)cc5)CC4)c3Cl)c2n1. The van der Waals surface area contributed by atoms with Crippen LogP contribution < -0.4 is 15.8 Å². The molecule has 1 aromatic heterocycles. The molecule has 0 saturated carbocycles. The highest BCUT2D eigenvalue weighted by molar-refractivity contribution is 7.89. The molecule has 2 aliphatic rings. The summed E-state index contributed by atoms with van der Waals surface area (Å²) in [5.41, 5.74) is 9.44. The zero-order chi connectivity index (χ0) is 35.7. The van der Waals surface area contributed by atoms with Gasteiger partial charge in [0.25, 0.3) is 5.91 Å². The number of likely N-dealkylation sites (tertiary alicyclic amines) is 1. The van der Waals surface area contributed by atoms with Crippen LogP contribution >= 0.6 is 23.2 Å². The summed E-state index contributed by atoms with van der Waals surface area (Å²) in [4.78, 5) is 32.8. The van der Waals surface area contributed by atoms with Gasteiger partial charge < -0.3 is 20.7 Å². The number of fused-ring (bicyclic) bond motifs is 1. The van der Waals surface area contributed by atoms with Crippen molar-refractivity contribution in [2.24, 2.45) is 5.73 Å². The lowest BCUT2D eigenvalue weighted by molar-refractivity contribution is -0.125. The first-order valence-corrected chi connectivity index (χ1v) is 18.6. The molecule has 14 heteroatoms. The Hall–Kier alpha value is -4.23. The summed E-state index contributed by atoms with van der Waals surface area (Å²) < 4.78 is 35.5. The lowest BCUT2D eigenvalue weighted by atomic mass is 10.0. The monoisotopic (exact) mass is 736 g/mol. The molecule has 0 bridgehead atoms. The molecule has 4 N–H and O–H groups in total. The highest BCUT2D eigenvalue weighted by Crippen LogP contribution is 2.37. The number of aromatic nitrogens is 1. The van der Waals surface area contributed by atoms with Gasteiger partial charge in [0, 0.05) is 58.5 Å². The first kappa shape index (κ1) is 35.6. The van der Waals surface area contributed by atoms with E-state index in [1.54, 1.807) is 35.2 Å². The van der Waals surface area contributed by atoms with Gasteiger partial charge in [-0.3, -0.25) is 15.0 Å². The number of nitrogens with one attached hydrogen (secondary N) is 2. The molecule has 0 unspecified atom stereocenters. The van der Waals surface area contributed by atoms with E-state index in [4.69, 9.17) is 39.1 Å². The topological polar surface area (TPSA) is 159 Å². The fourth-order valence-electron chi connectivity index (χ4n) is 6.65. The Bertz CT molecular complexity index is 2090. The molecule has 0 aliphatic carbocycles. The predicted molar refractivity (Wildman–Crippen MR) is 193 cm³/mol. The number of hydrogen-bond acceptors (Lipinski definition) is 7. The number of ether oxygens (including phenoxy) is 1. The van der Waals surface area contributed by atoms with Gasteiger partial charge in [-0.05, 0) is 81.5 Å². The second-order valence-corrected chi connectivity index (χ2v) is 15.3. The van der Waals surface area contributed by atoms with Crippen LogP contribution in [0, 0.1) is 19.3 Å². The molecule has 11 nitrogen and oxygen atoms in total. The largest absolute Gasteiger partial charge is 0.487 e. The van der Waals surface area contributed by atoms with E-state index >= 15 is 0 Å². The summed E-state index contributed by atoms with van der Waals surface area (Å²) in [7, 11) is -4.19. The van der Waals surface area contributed by atoms with Crippen LogP contribution in [0.25, 0.3) is 10.9 Å². The van der Waals surface area contributed by atoms with Gasteiger partial charge in [-0.1, -0.05) is 47.5 Å². The number of nitrogen functional groups attached to an aromatic ring is 1. The van der Waals surface area contributed by atoms with Gasteiger partial charge >= 0.3 is 0 Å².